The van der Waals surface area contributed by atoms with E-state index in [1.165, 1.54) is 19.8 Å². The number of ether oxygens (including phenoxy) is 1. The Morgan fingerprint density at radius 3 is 2.55 bits per heavy atom. The quantitative estimate of drug-likeness (QED) is 0.454. The van der Waals surface area contributed by atoms with Gasteiger partial charge in [0.25, 0.3) is 0 Å². The molecule has 0 saturated carbocycles. The van der Waals surface area contributed by atoms with Crippen molar-refractivity contribution >= 4 is 5.97 Å². The number of carbonyl (C=O) groups excluding carboxylic acids is 1. The van der Waals surface area contributed by atoms with Gasteiger partial charge in [0.2, 0.25) is 0 Å². The number of hydrogen-bond acceptors (Lipinski definition) is 2. The highest BCUT2D eigenvalue weighted by Crippen LogP contribution is 2.05. The van der Waals surface area contributed by atoms with Crippen LogP contribution in [0.15, 0.2) is 0 Å². The second kappa shape index (κ2) is 6.20. The van der Waals surface area contributed by atoms with Gasteiger partial charge in [-0.2, -0.15) is 0 Å². The maximum Gasteiger partial charge on any atom is 0.302 e. The molecule has 66 valence electrons. The van der Waals surface area contributed by atoms with Crippen molar-refractivity contribution in [3.63, 3.8) is 0 Å². The number of hydrogen-bond donors (Lipinski definition) is 0. The van der Waals surface area contributed by atoms with Gasteiger partial charge in [0.15, 0.2) is 0 Å². The Bertz CT molecular complexity index is 110. The van der Waals surface area contributed by atoms with E-state index < -0.39 is 0 Å². The first kappa shape index (κ1) is 10.5. The third-order valence-corrected chi connectivity index (χ3v) is 1.58. The van der Waals surface area contributed by atoms with Crippen LogP contribution in [0.5, 0.6) is 0 Å². The zero-order chi connectivity index (χ0) is 8.69. The third kappa shape index (κ3) is 7.37. The molecule has 0 aliphatic rings. The first-order chi connectivity index (χ1) is 5.16. The molecule has 0 amide bonds. The average Bonchev–Trinajstić information content (AvgIpc) is 1.86. The number of rotatable bonds is 5. The predicted molar refractivity (Wildman–Crippen MR) is 45.4 cm³/mol. The minimum absolute atomic E-state index is 0.0963. The van der Waals surface area contributed by atoms with E-state index in [-0.39, 0.29) is 12.1 Å². The average molecular weight is 158 g/mol. The Labute approximate surface area is 68.9 Å². The molecule has 2 nitrogen and oxygen atoms in total. The monoisotopic (exact) mass is 158 g/mol. The van der Waals surface area contributed by atoms with E-state index in [2.05, 4.69) is 6.92 Å². The largest absolute Gasteiger partial charge is 0.463 e. The molecule has 0 N–H and O–H groups in total. The van der Waals surface area contributed by atoms with E-state index >= 15 is 0 Å². The maximum absolute atomic E-state index is 10.5. The van der Waals surface area contributed by atoms with Crippen molar-refractivity contribution in [1.29, 1.82) is 0 Å². The van der Waals surface area contributed by atoms with Crippen molar-refractivity contribution < 1.29 is 9.53 Å². The lowest BCUT2D eigenvalue weighted by Gasteiger charge is -2.10. The molecule has 0 aromatic heterocycles. The van der Waals surface area contributed by atoms with Crippen LogP contribution < -0.4 is 0 Å². The summed E-state index contributed by atoms with van der Waals surface area (Å²) in [4.78, 5) is 10.5. The van der Waals surface area contributed by atoms with Crippen LogP contribution >= 0.6 is 0 Å². The summed E-state index contributed by atoms with van der Waals surface area (Å²) >= 11 is 0. The third-order valence-electron chi connectivity index (χ3n) is 1.58. The van der Waals surface area contributed by atoms with Gasteiger partial charge in [-0.25, -0.2) is 0 Å². The van der Waals surface area contributed by atoms with Gasteiger partial charge in [-0.3, -0.25) is 4.79 Å². The first-order valence-corrected chi connectivity index (χ1v) is 4.34. The Hall–Kier alpha value is -0.530. The summed E-state index contributed by atoms with van der Waals surface area (Å²) in [7, 11) is 0. The summed E-state index contributed by atoms with van der Waals surface area (Å²) in [5.74, 6) is -0.172. The number of esters is 1. The van der Waals surface area contributed by atoms with Gasteiger partial charge >= 0.3 is 5.97 Å². The molecule has 1 atom stereocenters. The van der Waals surface area contributed by atoms with Crippen molar-refractivity contribution in [3.05, 3.63) is 0 Å². The summed E-state index contributed by atoms with van der Waals surface area (Å²) in [6.45, 7) is 5.56. The van der Waals surface area contributed by atoms with Gasteiger partial charge in [-0.05, 0) is 19.8 Å². The molecule has 0 heterocycles. The highest BCUT2D eigenvalue weighted by atomic mass is 16.5. The molecule has 0 bridgehead atoms. The Morgan fingerprint density at radius 2 is 2.09 bits per heavy atom. The van der Waals surface area contributed by atoms with Crippen molar-refractivity contribution in [2.45, 2.75) is 52.6 Å². The van der Waals surface area contributed by atoms with Gasteiger partial charge < -0.3 is 4.74 Å². The Kier molecular flexibility index (Phi) is 5.90. The Morgan fingerprint density at radius 1 is 1.45 bits per heavy atom. The molecule has 0 aromatic carbocycles. The van der Waals surface area contributed by atoms with Gasteiger partial charge in [-0.15, -0.1) is 0 Å². The standard InChI is InChI=1S/C9H18O2/c1-4-5-6-7-8(2)11-9(3)10/h8H,4-7H2,1-3H3/t8-/m1/s1. The first-order valence-electron chi connectivity index (χ1n) is 4.34. The summed E-state index contributed by atoms with van der Waals surface area (Å²) in [6.07, 6.45) is 4.69. The minimum Gasteiger partial charge on any atom is -0.463 e. The fraction of sp³-hybridized carbons (Fsp3) is 0.889. The fourth-order valence-corrected chi connectivity index (χ4v) is 1.02. The molecule has 2 heteroatoms. The smallest absolute Gasteiger partial charge is 0.302 e. The van der Waals surface area contributed by atoms with Crippen LogP contribution in [0.3, 0.4) is 0 Å². The van der Waals surface area contributed by atoms with Crippen LogP contribution in [-0.4, -0.2) is 12.1 Å². The topological polar surface area (TPSA) is 26.3 Å². The van der Waals surface area contributed by atoms with Gasteiger partial charge in [0, 0.05) is 6.92 Å². The molecule has 0 aliphatic heterocycles. The zero-order valence-corrected chi connectivity index (χ0v) is 7.72. The van der Waals surface area contributed by atoms with Gasteiger partial charge in [0.05, 0.1) is 6.10 Å². The molecule has 11 heavy (non-hydrogen) atoms. The van der Waals surface area contributed by atoms with Crippen LogP contribution in [0.4, 0.5) is 0 Å². The molecule has 0 rings (SSSR count). The molecule has 0 fully saturated rings. The highest BCUT2D eigenvalue weighted by molar-refractivity contribution is 5.66. The van der Waals surface area contributed by atoms with E-state index in [9.17, 15) is 4.79 Å². The van der Waals surface area contributed by atoms with Crippen LogP contribution in [0.2, 0.25) is 0 Å². The molecule has 0 radical (unpaired) electrons. The minimum atomic E-state index is -0.172. The van der Waals surface area contributed by atoms with Crippen LogP contribution in [0.1, 0.15) is 46.5 Å². The van der Waals surface area contributed by atoms with E-state index in [0.717, 1.165) is 12.8 Å². The lowest BCUT2D eigenvalue weighted by atomic mass is 10.1. The lowest BCUT2D eigenvalue weighted by molar-refractivity contribution is -0.145. The van der Waals surface area contributed by atoms with Gasteiger partial charge in [0.1, 0.15) is 0 Å². The van der Waals surface area contributed by atoms with Crippen LogP contribution in [0.25, 0.3) is 0 Å². The number of unbranched alkanes of at least 4 members (excludes halogenated alkanes) is 2. The van der Waals surface area contributed by atoms with E-state index in [4.69, 9.17) is 4.74 Å². The normalized spacial score (nSPS) is 12.6. The van der Waals surface area contributed by atoms with Crippen molar-refractivity contribution in [3.8, 4) is 0 Å². The van der Waals surface area contributed by atoms with Crippen molar-refractivity contribution in [2.24, 2.45) is 0 Å². The van der Waals surface area contributed by atoms with Crippen molar-refractivity contribution in [1.82, 2.24) is 0 Å². The second-order valence-electron chi connectivity index (χ2n) is 2.92. The zero-order valence-electron chi connectivity index (χ0n) is 7.72. The molecule has 0 unspecified atom stereocenters. The number of carbonyl (C=O) groups is 1. The molecule has 0 saturated heterocycles. The van der Waals surface area contributed by atoms with Crippen molar-refractivity contribution in [2.75, 3.05) is 0 Å². The van der Waals surface area contributed by atoms with E-state index in [0.29, 0.717) is 0 Å². The summed E-state index contributed by atoms with van der Waals surface area (Å²) in [6, 6.07) is 0. The molecular formula is C9H18O2. The van der Waals surface area contributed by atoms with E-state index in [1.54, 1.807) is 0 Å². The molecule has 0 spiro atoms. The van der Waals surface area contributed by atoms with Crippen LogP contribution in [-0.2, 0) is 9.53 Å². The Balaban J connectivity index is 3.22. The summed E-state index contributed by atoms with van der Waals surface area (Å²) in [5.41, 5.74) is 0. The summed E-state index contributed by atoms with van der Waals surface area (Å²) in [5, 5.41) is 0. The van der Waals surface area contributed by atoms with Gasteiger partial charge in [-0.1, -0.05) is 19.8 Å². The van der Waals surface area contributed by atoms with E-state index in [1.807, 2.05) is 6.92 Å². The van der Waals surface area contributed by atoms with Crippen LogP contribution in [0, 0.1) is 0 Å². The SMILES string of the molecule is CCCCC[C@@H](C)OC(C)=O. The molecular weight excluding hydrogens is 140 g/mol. The second-order valence-corrected chi connectivity index (χ2v) is 2.92. The highest BCUT2D eigenvalue weighted by Gasteiger charge is 2.03. The predicted octanol–water partition coefficient (Wildman–Crippen LogP) is 2.52. The summed E-state index contributed by atoms with van der Waals surface area (Å²) < 4.78 is 4.96. The molecule has 0 aliphatic carbocycles. The lowest BCUT2D eigenvalue weighted by Crippen LogP contribution is -2.11. The fourth-order valence-electron chi connectivity index (χ4n) is 1.02. The molecule has 0 aromatic rings. The maximum atomic E-state index is 10.5.